The number of methoxy groups -OCH3 is 2. The number of hydrogen-bond acceptors (Lipinski definition) is 14. The molecular formula is C66H83N7O12. The van der Waals surface area contributed by atoms with Gasteiger partial charge >= 0.3 is 6.09 Å². The largest absolute Gasteiger partial charge is 0.498 e. The van der Waals surface area contributed by atoms with Gasteiger partial charge in [-0.05, 0) is 151 Å². The highest BCUT2D eigenvalue weighted by Crippen LogP contribution is 2.53. The van der Waals surface area contributed by atoms with Crippen LogP contribution in [0.4, 0.5) is 21.9 Å². The van der Waals surface area contributed by atoms with Gasteiger partial charge in [-0.15, -0.1) is 0 Å². The summed E-state index contributed by atoms with van der Waals surface area (Å²) in [5.41, 5.74) is 4.22. The van der Waals surface area contributed by atoms with Crippen LogP contribution in [0.2, 0.25) is 0 Å². The molecule has 0 spiro atoms. The second kappa shape index (κ2) is 26.7. The topological polar surface area (TPSA) is 219 Å². The fraction of sp³-hybridized carbons (Fsp3) is 0.515. The van der Waals surface area contributed by atoms with Crippen molar-refractivity contribution < 1.29 is 57.5 Å². The first-order chi connectivity index (χ1) is 41.0. The molecule has 19 nitrogen and oxygen atoms in total. The molecule has 2 saturated carbocycles. The van der Waals surface area contributed by atoms with Crippen LogP contribution >= 0.6 is 0 Å². The first-order valence-corrected chi connectivity index (χ1v) is 30.3. The van der Waals surface area contributed by atoms with Gasteiger partial charge in [0, 0.05) is 48.4 Å². The molecule has 3 aliphatic carbocycles. The molecule has 7 aliphatic rings. The standard InChI is InChI=1S/C66H83N7O12/c1-38(2)60(69-46-23-20-44(28-46)42(6)84-37-52-48-16-12-9-10-13-17-49(48)52)62(75)68-41(5)61(74)70-45-21-18-43(19-22-45)36-85-66(79)73-54-32-59(57(81-8)30-51(54)64(77)72-35-40(4)27-55(72)65(73)78)83-25-15-11-14-24-82-58-31-53-50(29-56(58)80-7)63(76)71-34-39(3)26-47(71)33-67-53/h9-10,18-19,21-22,29-35,38,41,44,46-49,52,55,60,65,69,78H,6,11-17,20,23-28,36-37H2,1-5,7-8H3,(H,68,75)(H,70,74)/b10-9-/t41-,44?,46?,47-,48-,49+,52-,55-,60-,65-/m0/s1. The zero-order valence-corrected chi connectivity index (χ0v) is 50.1. The molecule has 0 bridgehead atoms. The lowest BCUT2D eigenvalue weighted by atomic mass is 10.0. The highest BCUT2D eigenvalue weighted by atomic mass is 16.6. The van der Waals surface area contributed by atoms with Crippen molar-refractivity contribution in [2.75, 3.05) is 44.3 Å². The summed E-state index contributed by atoms with van der Waals surface area (Å²) in [7, 11) is 3.00. The van der Waals surface area contributed by atoms with E-state index in [1.807, 2.05) is 33.9 Å². The van der Waals surface area contributed by atoms with Crippen LogP contribution in [0.1, 0.15) is 138 Å². The number of ether oxygens (including phenoxy) is 6. The van der Waals surface area contributed by atoms with Gasteiger partial charge < -0.3 is 59.3 Å². The number of carbonyl (C=O) groups is 5. The Bertz CT molecular complexity index is 3120. The maximum Gasteiger partial charge on any atom is 0.416 e. The third-order valence-electron chi connectivity index (χ3n) is 17.8. The van der Waals surface area contributed by atoms with E-state index in [9.17, 15) is 29.1 Å². The van der Waals surface area contributed by atoms with Crippen molar-refractivity contribution in [2.24, 2.45) is 34.6 Å². The van der Waals surface area contributed by atoms with Crippen molar-refractivity contribution in [2.45, 2.75) is 155 Å². The average molecular weight is 1170 g/mol. The van der Waals surface area contributed by atoms with Gasteiger partial charge in [-0.2, -0.15) is 0 Å². The van der Waals surface area contributed by atoms with Crippen LogP contribution < -0.4 is 39.8 Å². The Morgan fingerprint density at radius 3 is 2.09 bits per heavy atom. The Morgan fingerprint density at radius 1 is 0.765 bits per heavy atom. The van der Waals surface area contributed by atoms with Crippen molar-refractivity contribution in [3.8, 4) is 23.0 Å². The minimum absolute atomic E-state index is 0.0256. The number of anilines is 2. The van der Waals surface area contributed by atoms with Crippen LogP contribution in [0, 0.1) is 29.6 Å². The van der Waals surface area contributed by atoms with Crippen molar-refractivity contribution in [1.29, 1.82) is 0 Å². The van der Waals surface area contributed by atoms with E-state index >= 15 is 0 Å². The van der Waals surface area contributed by atoms with Crippen molar-refractivity contribution >= 4 is 53.0 Å². The van der Waals surface area contributed by atoms with E-state index in [-0.39, 0.29) is 71.7 Å². The molecule has 3 aromatic rings. The number of aliphatic hydroxyl groups excluding tert-OH is 1. The molecule has 2 unspecified atom stereocenters. The molecule has 2 fully saturated rings. The Hall–Kier alpha value is -7.64. The third kappa shape index (κ3) is 13.7. The first kappa shape index (κ1) is 60.5. The molecule has 0 radical (unpaired) electrons. The molecule has 10 atom stereocenters. The summed E-state index contributed by atoms with van der Waals surface area (Å²) in [6, 6.07) is 11.1. The molecule has 10 rings (SSSR count). The van der Waals surface area contributed by atoms with Gasteiger partial charge in [0.1, 0.15) is 12.6 Å². The van der Waals surface area contributed by atoms with Gasteiger partial charge in [-0.1, -0.05) is 55.9 Å². The molecule has 4 N–H and O–H groups in total. The minimum atomic E-state index is -1.49. The summed E-state index contributed by atoms with van der Waals surface area (Å²) >= 11 is 0. The summed E-state index contributed by atoms with van der Waals surface area (Å²) in [6.45, 7) is 15.0. The summed E-state index contributed by atoms with van der Waals surface area (Å²) in [5.74, 6) is 3.49. The smallest absolute Gasteiger partial charge is 0.416 e. The predicted molar refractivity (Wildman–Crippen MR) is 323 cm³/mol. The number of nitrogens with one attached hydrogen (secondary N) is 3. The van der Waals surface area contributed by atoms with Crippen LogP contribution in [0.3, 0.4) is 0 Å². The fourth-order valence-corrected chi connectivity index (χ4v) is 13.0. The number of fused-ring (bicyclic) bond motifs is 5. The summed E-state index contributed by atoms with van der Waals surface area (Å²) < 4.78 is 35.9. The van der Waals surface area contributed by atoms with Crippen LogP contribution in [0.15, 0.2) is 102 Å². The number of allylic oxidation sites excluding steroid dienone is 3. The summed E-state index contributed by atoms with van der Waals surface area (Å²) in [6.07, 6.45) is 18.2. The number of benzene rings is 3. The number of rotatable bonds is 23. The molecule has 0 saturated heterocycles. The number of amides is 5. The van der Waals surface area contributed by atoms with Crippen molar-refractivity contribution in [3.05, 3.63) is 113 Å². The van der Waals surface area contributed by atoms with Crippen LogP contribution in [0.5, 0.6) is 23.0 Å². The quantitative estimate of drug-likeness (QED) is 0.0395. The van der Waals surface area contributed by atoms with Crippen molar-refractivity contribution in [3.63, 3.8) is 0 Å². The van der Waals surface area contributed by atoms with E-state index in [0.29, 0.717) is 72.2 Å². The Balaban J connectivity index is 0.702. The highest BCUT2D eigenvalue weighted by molar-refractivity contribution is 6.07. The van der Waals surface area contributed by atoms with Gasteiger partial charge in [0.25, 0.3) is 11.8 Å². The first-order valence-electron chi connectivity index (χ1n) is 30.3. The molecule has 4 heterocycles. The zero-order chi connectivity index (χ0) is 60.1. The highest BCUT2D eigenvalue weighted by Gasteiger charge is 2.49. The summed E-state index contributed by atoms with van der Waals surface area (Å²) in [4.78, 5) is 77.9. The zero-order valence-electron chi connectivity index (χ0n) is 50.1. The number of aliphatic hydroxyl groups is 1. The normalized spacial score (nSPS) is 24.8. The number of aliphatic imine (C=N–C) groups is 1. The van der Waals surface area contributed by atoms with Gasteiger partial charge in [0.05, 0.1) is 80.4 Å². The SMILES string of the molecule is C=C(OC[C@@H]1[C@@H]2CC/C=C\CC[C@@H]21)C1CCC(N[C@H](C(=O)N[C@@H](C)C(=O)Nc2ccc(COC(=O)N3c4cc(OCCCCCOc5cc6c(cc5OC)C(=O)N5C=C(C)C[C@H]5C=N6)c(OC)cc4C(=O)N4C=C(C)C[C@H]4[C@@H]3O)cc2)C(C)C)C1. The van der Waals surface area contributed by atoms with E-state index in [1.54, 1.807) is 60.6 Å². The van der Waals surface area contributed by atoms with Crippen molar-refractivity contribution in [1.82, 2.24) is 20.4 Å². The van der Waals surface area contributed by atoms with Gasteiger partial charge in [-0.3, -0.25) is 24.2 Å². The summed E-state index contributed by atoms with van der Waals surface area (Å²) in [5, 5.41) is 21.4. The van der Waals surface area contributed by atoms with Gasteiger partial charge in [-0.25, -0.2) is 9.69 Å². The molecule has 5 amide bonds. The second-order valence-corrected chi connectivity index (χ2v) is 24.2. The molecule has 454 valence electrons. The van der Waals surface area contributed by atoms with E-state index in [2.05, 4.69) is 39.7 Å². The molecule has 85 heavy (non-hydrogen) atoms. The molecule has 3 aromatic carbocycles. The molecular weight excluding hydrogens is 1080 g/mol. The number of nitrogens with zero attached hydrogens (tertiary/aromatic N) is 4. The van der Waals surface area contributed by atoms with E-state index < -0.39 is 42.3 Å². The Kier molecular flexibility index (Phi) is 19.0. The van der Waals surface area contributed by atoms with E-state index in [0.717, 1.165) is 78.8 Å². The lowest BCUT2D eigenvalue weighted by Gasteiger charge is -2.31. The second-order valence-electron chi connectivity index (χ2n) is 24.2. The van der Waals surface area contributed by atoms with E-state index in [1.165, 1.54) is 44.1 Å². The maximum absolute atomic E-state index is 14.3. The van der Waals surface area contributed by atoms with E-state index in [4.69, 9.17) is 28.4 Å². The monoisotopic (exact) mass is 1170 g/mol. The third-order valence-corrected chi connectivity index (χ3v) is 17.8. The lowest BCUT2D eigenvalue weighted by Crippen LogP contribution is -2.54. The number of unbranched alkanes of at least 4 members (excludes halogenated alkanes) is 2. The number of hydrogen-bond donors (Lipinski definition) is 4. The Morgan fingerprint density at radius 2 is 1.41 bits per heavy atom. The fourth-order valence-electron chi connectivity index (χ4n) is 13.0. The van der Waals surface area contributed by atoms with Crippen LogP contribution in [0.25, 0.3) is 0 Å². The van der Waals surface area contributed by atoms with Gasteiger partial charge in [0.15, 0.2) is 29.2 Å². The minimum Gasteiger partial charge on any atom is -0.498 e. The van der Waals surface area contributed by atoms with Crippen LogP contribution in [-0.4, -0.2) is 121 Å². The molecule has 19 heteroatoms. The molecule has 4 aliphatic heterocycles. The molecule has 0 aromatic heterocycles. The van der Waals surface area contributed by atoms with Crippen LogP contribution in [-0.2, 0) is 25.7 Å². The average Bonchev–Trinajstić information content (AvgIpc) is 2.77. The Labute approximate surface area is 498 Å². The predicted octanol–water partition coefficient (Wildman–Crippen LogP) is 10.5. The number of carbonyl (C=O) groups excluding carboxylic acids is 5. The maximum atomic E-state index is 14.3. The van der Waals surface area contributed by atoms with Gasteiger partial charge in [0.2, 0.25) is 11.8 Å². The lowest BCUT2D eigenvalue weighted by molar-refractivity contribution is -0.128.